The van der Waals surface area contributed by atoms with Crippen LogP contribution >= 0.6 is 27.7 Å². The quantitative estimate of drug-likeness (QED) is 0.848. The molecule has 5 heteroatoms. The van der Waals surface area contributed by atoms with E-state index in [4.69, 9.17) is 0 Å². The van der Waals surface area contributed by atoms with Crippen LogP contribution in [0.3, 0.4) is 0 Å². The van der Waals surface area contributed by atoms with Crippen LogP contribution in [0.5, 0.6) is 0 Å². The molecular weight excluding hydrogens is 274 g/mol. The molecule has 0 amide bonds. The van der Waals surface area contributed by atoms with E-state index in [2.05, 4.69) is 30.9 Å². The maximum Gasteiger partial charge on any atom is 0.121 e. The van der Waals surface area contributed by atoms with Crippen molar-refractivity contribution in [3.05, 3.63) is 40.9 Å². The van der Waals surface area contributed by atoms with Gasteiger partial charge in [-0.25, -0.2) is 9.97 Å². The van der Waals surface area contributed by atoms with E-state index < -0.39 is 0 Å². The van der Waals surface area contributed by atoms with E-state index in [1.807, 2.05) is 13.0 Å². The number of hydrogen-bond acceptors (Lipinski definition) is 4. The number of nitrogens with zero attached hydrogens (tertiary/aromatic N) is 3. The molecule has 2 rings (SSSR count). The number of aryl methyl sites for hydroxylation is 1. The third-order valence-electron chi connectivity index (χ3n) is 1.77. The summed E-state index contributed by atoms with van der Waals surface area (Å²) in [5.74, 6) is 0. The molecule has 0 aliphatic carbocycles. The third kappa shape index (κ3) is 2.76. The fraction of sp³-hybridized carbons (Fsp3) is 0.100. The van der Waals surface area contributed by atoms with Gasteiger partial charge in [0.2, 0.25) is 0 Å². The van der Waals surface area contributed by atoms with Crippen LogP contribution in [-0.4, -0.2) is 15.0 Å². The molecule has 2 aromatic rings. The molecule has 15 heavy (non-hydrogen) atoms. The Balaban J connectivity index is 2.22. The maximum atomic E-state index is 4.28. The van der Waals surface area contributed by atoms with Gasteiger partial charge in [-0.1, -0.05) is 0 Å². The van der Waals surface area contributed by atoms with Gasteiger partial charge in [0.05, 0.1) is 6.20 Å². The molecular formula is C10H8BrN3S. The lowest BCUT2D eigenvalue weighted by Gasteiger charge is -2.01. The van der Waals surface area contributed by atoms with Crippen LogP contribution in [0.1, 0.15) is 5.56 Å². The van der Waals surface area contributed by atoms with Crippen molar-refractivity contribution in [1.82, 2.24) is 15.0 Å². The van der Waals surface area contributed by atoms with Gasteiger partial charge in [0, 0.05) is 23.1 Å². The number of hydrogen-bond donors (Lipinski definition) is 0. The molecule has 0 fully saturated rings. The first kappa shape index (κ1) is 10.6. The van der Waals surface area contributed by atoms with Crippen molar-refractivity contribution >= 4 is 27.7 Å². The van der Waals surface area contributed by atoms with Crippen molar-refractivity contribution in [2.24, 2.45) is 0 Å². The lowest BCUT2D eigenvalue weighted by atomic mass is 10.3. The van der Waals surface area contributed by atoms with Crippen molar-refractivity contribution in [2.45, 2.75) is 17.0 Å². The minimum Gasteiger partial charge on any atom is -0.260 e. The van der Waals surface area contributed by atoms with E-state index in [-0.39, 0.29) is 0 Å². The molecule has 0 atom stereocenters. The average molecular weight is 282 g/mol. The Labute approximate surface area is 101 Å². The lowest BCUT2D eigenvalue weighted by Crippen LogP contribution is -1.85. The predicted molar refractivity (Wildman–Crippen MR) is 62.8 cm³/mol. The number of rotatable bonds is 2. The van der Waals surface area contributed by atoms with E-state index in [1.165, 1.54) is 11.8 Å². The Morgan fingerprint density at radius 2 is 2.00 bits per heavy atom. The summed E-state index contributed by atoms with van der Waals surface area (Å²) < 4.78 is 1.02. The van der Waals surface area contributed by atoms with Crippen LogP contribution in [0, 0.1) is 6.92 Å². The zero-order valence-electron chi connectivity index (χ0n) is 8.01. The van der Waals surface area contributed by atoms with E-state index in [0.717, 1.165) is 20.1 Å². The number of aromatic nitrogens is 3. The highest BCUT2D eigenvalue weighted by molar-refractivity contribution is 9.10. The van der Waals surface area contributed by atoms with Crippen molar-refractivity contribution in [1.29, 1.82) is 0 Å². The summed E-state index contributed by atoms with van der Waals surface area (Å²) >= 11 is 4.92. The van der Waals surface area contributed by atoms with Gasteiger partial charge in [0.1, 0.15) is 10.1 Å². The van der Waals surface area contributed by atoms with Crippen molar-refractivity contribution < 1.29 is 0 Å². The normalized spacial score (nSPS) is 10.3. The van der Waals surface area contributed by atoms with Crippen LogP contribution in [0.4, 0.5) is 0 Å². The molecule has 0 aliphatic heterocycles. The van der Waals surface area contributed by atoms with Gasteiger partial charge in [0.15, 0.2) is 0 Å². The lowest BCUT2D eigenvalue weighted by molar-refractivity contribution is 1.04. The second-order valence-corrected chi connectivity index (χ2v) is 4.81. The van der Waals surface area contributed by atoms with E-state index >= 15 is 0 Å². The SMILES string of the molecule is Cc1cc(Sc2cnccn2)ncc1Br. The van der Waals surface area contributed by atoms with E-state index in [1.54, 1.807) is 24.8 Å². The molecule has 2 heterocycles. The highest BCUT2D eigenvalue weighted by atomic mass is 79.9. The first-order chi connectivity index (χ1) is 7.25. The van der Waals surface area contributed by atoms with Crippen LogP contribution in [0.25, 0.3) is 0 Å². The Hall–Kier alpha value is -0.940. The van der Waals surface area contributed by atoms with Gasteiger partial charge < -0.3 is 0 Å². The molecule has 0 saturated heterocycles. The zero-order valence-corrected chi connectivity index (χ0v) is 10.4. The zero-order chi connectivity index (χ0) is 10.7. The predicted octanol–water partition coefficient (Wildman–Crippen LogP) is 3.09. The largest absolute Gasteiger partial charge is 0.260 e. The Morgan fingerprint density at radius 3 is 2.67 bits per heavy atom. The standard InChI is InChI=1S/C10H8BrN3S/c1-7-4-9(14-5-8(7)11)15-10-6-12-2-3-13-10/h2-6H,1H3. The van der Waals surface area contributed by atoms with E-state index in [0.29, 0.717) is 0 Å². The second kappa shape index (κ2) is 4.72. The molecule has 0 aliphatic rings. The van der Waals surface area contributed by atoms with Gasteiger partial charge in [-0.2, -0.15) is 0 Å². The summed E-state index contributed by atoms with van der Waals surface area (Å²) in [4.78, 5) is 12.5. The molecule has 76 valence electrons. The summed E-state index contributed by atoms with van der Waals surface area (Å²) in [5, 5.41) is 1.78. The molecule has 0 unspecified atom stereocenters. The Kier molecular flexibility index (Phi) is 3.33. The molecule has 0 saturated carbocycles. The highest BCUT2D eigenvalue weighted by Crippen LogP contribution is 2.26. The smallest absolute Gasteiger partial charge is 0.121 e. The van der Waals surface area contributed by atoms with Gasteiger partial charge in [-0.15, -0.1) is 0 Å². The molecule has 0 spiro atoms. The fourth-order valence-corrected chi connectivity index (χ4v) is 2.01. The number of pyridine rings is 1. The summed E-state index contributed by atoms with van der Waals surface area (Å²) in [6, 6.07) is 2.02. The first-order valence-corrected chi connectivity index (χ1v) is 5.92. The topological polar surface area (TPSA) is 38.7 Å². The monoisotopic (exact) mass is 281 g/mol. The van der Waals surface area contributed by atoms with Gasteiger partial charge >= 0.3 is 0 Å². The fourth-order valence-electron chi connectivity index (χ4n) is 1.01. The van der Waals surface area contributed by atoms with E-state index in [9.17, 15) is 0 Å². The number of halogens is 1. The van der Waals surface area contributed by atoms with Gasteiger partial charge in [0.25, 0.3) is 0 Å². The summed E-state index contributed by atoms with van der Waals surface area (Å²) in [5.41, 5.74) is 1.16. The van der Waals surface area contributed by atoms with Crippen LogP contribution in [0.15, 0.2) is 45.4 Å². The average Bonchev–Trinajstić information content (AvgIpc) is 2.25. The summed E-state index contributed by atoms with van der Waals surface area (Å²) in [6.07, 6.45) is 6.86. The van der Waals surface area contributed by atoms with Gasteiger partial charge in [-0.3, -0.25) is 4.98 Å². The summed E-state index contributed by atoms with van der Waals surface area (Å²) in [7, 11) is 0. The Morgan fingerprint density at radius 1 is 1.13 bits per heavy atom. The molecule has 3 nitrogen and oxygen atoms in total. The molecule has 0 N–H and O–H groups in total. The van der Waals surface area contributed by atoms with Crippen molar-refractivity contribution in [3.8, 4) is 0 Å². The Bertz CT molecular complexity index is 461. The second-order valence-electron chi connectivity index (χ2n) is 2.92. The van der Waals surface area contributed by atoms with Crippen molar-refractivity contribution in [3.63, 3.8) is 0 Å². The van der Waals surface area contributed by atoms with Crippen molar-refractivity contribution in [2.75, 3.05) is 0 Å². The minimum atomic E-state index is 0.853. The van der Waals surface area contributed by atoms with Crippen LogP contribution in [-0.2, 0) is 0 Å². The molecule has 0 bridgehead atoms. The molecule has 0 radical (unpaired) electrons. The molecule has 2 aromatic heterocycles. The first-order valence-electron chi connectivity index (χ1n) is 4.32. The molecule has 0 aromatic carbocycles. The van der Waals surface area contributed by atoms with Crippen LogP contribution in [0.2, 0.25) is 0 Å². The summed E-state index contributed by atoms with van der Waals surface area (Å²) in [6.45, 7) is 2.03. The minimum absolute atomic E-state index is 0.853. The van der Waals surface area contributed by atoms with Gasteiger partial charge in [-0.05, 0) is 46.2 Å². The maximum absolute atomic E-state index is 4.28. The highest BCUT2D eigenvalue weighted by Gasteiger charge is 2.02. The van der Waals surface area contributed by atoms with Crippen LogP contribution < -0.4 is 0 Å². The third-order valence-corrected chi connectivity index (χ3v) is 3.45.